The van der Waals surface area contributed by atoms with Gasteiger partial charge in [-0.05, 0) is 41.8 Å². The number of hydrogen-bond donors (Lipinski definition) is 2. The summed E-state index contributed by atoms with van der Waals surface area (Å²) in [7, 11) is 3.70. The monoisotopic (exact) mass is 386 g/mol. The Morgan fingerprint density at radius 1 is 1.19 bits per heavy atom. The number of hydrogen-bond acceptors (Lipinski definition) is 4. The van der Waals surface area contributed by atoms with E-state index < -0.39 is 0 Å². The summed E-state index contributed by atoms with van der Waals surface area (Å²) in [5.41, 5.74) is 0.779. The van der Waals surface area contributed by atoms with Crippen LogP contribution < -0.4 is 15.0 Å². The van der Waals surface area contributed by atoms with Crippen LogP contribution in [0.25, 0.3) is 6.08 Å². The molecule has 1 aliphatic heterocycles. The lowest BCUT2D eigenvalue weighted by Gasteiger charge is -2.30. The lowest BCUT2D eigenvalue weighted by molar-refractivity contribution is -0.883. The molecule has 0 unspecified atom stereocenters. The Morgan fingerprint density at radius 2 is 1.89 bits per heavy atom. The van der Waals surface area contributed by atoms with Crippen molar-refractivity contribution in [2.45, 2.75) is 0 Å². The number of benzene rings is 1. The summed E-state index contributed by atoms with van der Waals surface area (Å²) in [6.07, 6.45) is 1.75. The lowest BCUT2D eigenvalue weighted by Crippen LogP contribution is -3.12. The number of nitrogens with zero attached hydrogens (tertiary/aromatic N) is 1. The van der Waals surface area contributed by atoms with Gasteiger partial charge in [0.1, 0.15) is 11.4 Å². The van der Waals surface area contributed by atoms with Gasteiger partial charge in [0, 0.05) is 10.4 Å². The molecule has 0 bridgehead atoms. The first-order chi connectivity index (χ1) is 13.1. The summed E-state index contributed by atoms with van der Waals surface area (Å²) in [5, 5.41) is 4.75. The number of piperazine rings is 1. The average Bonchev–Trinajstić information content (AvgIpc) is 3.20. The van der Waals surface area contributed by atoms with Gasteiger partial charge >= 0.3 is 0 Å². The second-order valence-corrected chi connectivity index (χ2v) is 7.48. The zero-order chi connectivity index (χ0) is 19.2. The molecule has 1 aliphatic rings. The Morgan fingerprint density at radius 3 is 2.48 bits per heavy atom. The smallest absolute Gasteiger partial charge is 0.270 e. The zero-order valence-electron chi connectivity index (χ0n) is 15.5. The number of thiophene rings is 1. The van der Waals surface area contributed by atoms with Crippen LogP contribution in [0.5, 0.6) is 5.75 Å². The van der Waals surface area contributed by atoms with E-state index in [9.17, 15) is 9.59 Å². The van der Waals surface area contributed by atoms with Crippen molar-refractivity contribution >= 4 is 29.2 Å². The number of ether oxygens (including phenoxy) is 1. The molecule has 6 nitrogen and oxygen atoms in total. The molecule has 2 aromatic rings. The predicted molar refractivity (Wildman–Crippen MR) is 106 cm³/mol. The Labute approximate surface area is 163 Å². The number of carbonyl (C=O) groups excluding carboxylic acids is 2. The second kappa shape index (κ2) is 8.83. The molecule has 3 rings (SSSR count). The van der Waals surface area contributed by atoms with Crippen LogP contribution in [-0.4, -0.2) is 57.1 Å². The van der Waals surface area contributed by atoms with Gasteiger partial charge in [-0.1, -0.05) is 6.07 Å². The van der Waals surface area contributed by atoms with Gasteiger partial charge in [0.25, 0.3) is 11.8 Å². The minimum atomic E-state index is -0.312. The summed E-state index contributed by atoms with van der Waals surface area (Å²) in [6.45, 7) is 3.19. The van der Waals surface area contributed by atoms with Gasteiger partial charge < -0.3 is 19.9 Å². The number of carbonyl (C=O) groups is 2. The predicted octanol–water partition coefficient (Wildman–Crippen LogP) is 0.885. The lowest BCUT2D eigenvalue weighted by atomic mass is 10.2. The highest BCUT2D eigenvalue weighted by atomic mass is 32.1. The molecule has 0 saturated carbocycles. The Kier molecular flexibility index (Phi) is 6.26. The summed E-state index contributed by atoms with van der Waals surface area (Å²) in [6, 6.07) is 10.7. The SMILES string of the molecule is COc1ccc(C(=O)N/C(=C/c2cccs2)C(=O)N2CC[NH+](C)CC2)cc1. The minimum Gasteiger partial charge on any atom is -0.497 e. The van der Waals surface area contributed by atoms with Crippen molar-refractivity contribution in [1.82, 2.24) is 10.2 Å². The molecule has 7 heteroatoms. The summed E-state index contributed by atoms with van der Waals surface area (Å²) >= 11 is 1.52. The van der Waals surface area contributed by atoms with Crippen LogP contribution in [0.4, 0.5) is 0 Å². The number of amides is 2. The van der Waals surface area contributed by atoms with Gasteiger partial charge in [-0.2, -0.15) is 0 Å². The number of rotatable bonds is 5. The van der Waals surface area contributed by atoms with Crippen molar-refractivity contribution in [1.29, 1.82) is 0 Å². The molecular weight excluding hydrogens is 362 g/mol. The van der Waals surface area contributed by atoms with Crippen LogP contribution in [0.2, 0.25) is 0 Å². The van der Waals surface area contributed by atoms with Gasteiger partial charge in [0.2, 0.25) is 0 Å². The van der Waals surface area contributed by atoms with E-state index >= 15 is 0 Å². The molecule has 1 aromatic carbocycles. The molecule has 0 atom stereocenters. The first-order valence-corrected chi connectivity index (χ1v) is 9.76. The van der Waals surface area contributed by atoms with Crippen molar-refractivity contribution in [2.75, 3.05) is 40.3 Å². The number of likely N-dealkylation sites (N-methyl/N-ethyl adjacent to an activating group) is 1. The fourth-order valence-corrected chi connectivity index (χ4v) is 3.52. The summed E-state index contributed by atoms with van der Waals surface area (Å²) < 4.78 is 5.12. The Bertz CT molecular complexity index is 808. The third kappa shape index (κ3) is 4.96. The van der Waals surface area contributed by atoms with E-state index in [2.05, 4.69) is 12.4 Å². The van der Waals surface area contributed by atoms with Crippen molar-refractivity contribution in [3.05, 3.63) is 57.9 Å². The van der Waals surface area contributed by atoms with Crippen LogP contribution in [0, 0.1) is 0 Å². The normalized spacial score (nSPS) is 15.5. The van der Waals surface area contributed by atoms with Crippen molar-refractivity contribution < 1.29 is 19.2 Å². The molecule has 0 radical (unpaired) electrons. The minimum absolute atomic E-state index is 0.141. The molecule has 27 heavy (non-hydrogen) atoms. The molecule has 0 aliphatic carbocycles. The van der Waals surface area contributed by atoms with E-state index in [1.807, 2.05) is 17.5 Å². The molecule has 0 spiro atoms. The van der Waals surface area contributed by atoms with Crippen LogP contribution >= 0.6 is 11.3 Å². The van der Waals surface area contributed by atoms with Crippen LogP contribution in [0.3, 0.4) is 0 Å². The van der Waals surface area contributed by atoms with Crippen molar-refractivity contribution in [3.8, 4) is 5.75 Å². The van der Waals surface area contributed by atoms with Gasteiger partial charge in [-0.25, -0.2) is 0 Å². The highest BCUT2D eigenvalue weighted by Gasteiger charge is 2.25. The number of quaternary nitrogens is 1. The highest BCUT2D eigenvalue weighted by Crippen LogP contribution is 2.16. The number of nitrogens with one attached hydrogen (secondary N) is 2. The first kappa shape index (κ1) is 19.1. The first-order valence-electron chi connectivity index (χ1n) is 8.88. The molecule has 2 N–H and O–H groups in total. The van der Waals surface area contributed by atoms with Gasteiger partial charge in [-0.15, -0.1) is 11.3 Å². The van der Waals surface area contributed by atoms with E-state index in [-0.39, 0.29) is 11.8 Å². The molecular formula is C20H24N3O3S+. The fraction of sp³-hybridized carbons (Fsp3) is 0.300. The molecule has 1 fully saturated rings. The van der Waals surface area contributed by atoms with Gasteiger partial charge in [0.05, 0.1) is 40.3 Å². The van der Waals surface area contributed by atoms with E-state index in [1.54, 1.807) is 42.4 Å². The standard InChI is InChI=1S/C20H23N3O3S/c1-22-9-11-23(12-10-22)20(25)18(14-17-4-3-13-27-17)21-19(24)15-5-7-16(26-2)8-6-15/h3-8,13-14H,9-12H2,1-2H3,(H,21,24)/p+1/b18-14+. The quantitative estimate of drug-likeness (QED) is 0.750. The van der Waals surface area contributed by atoms with Gasteiger partial charge in [0.15, 0.2) is 0 Å². The third-order valence-electron chi connectivity index (χ3n) is 4.56. The van der Waals surface area contributed by atoms with Crippen LogP contribution in [0.1, 0.15) is 15.2 Å². The van der Waals surface area contributed by atoms with Gasteiger partial charge in [-0.3, -0.25) is 9.59 Å². The number of methoxy groups -OCH3 is 1. The topological polar surface area (TPSA) is 63.1 Å². The third-order valence-corrected chi connectivity index (χ3v) is 5.38. The molecule has 2 amide bonds. The van der Waals surface area contributed by atoms with Crippen LogP contribution in [-0.2, 0) is 4.79 Å². The molecule has 1 aromatic heterocycles. The maximum absolute atomic E-state index is 13.0. The summed E-state index contributed by atoms with van der Waals surface area (Å²) in [4.78, 5) is 29.8. The highest BCUT2D eigenvalue weighted by molar-refractivity contribution is 7.10. The van der Waals surface area contributed by atoms with E-state index in [1.165, 1.54) is 16.2 Å². The Balaban J connectivity index is 1.79. The largest absolute Gasteiger partial charge is 0.497 e. The second-order valence-electron chi connectivity index (χ2n) is 6.51. The van der Waals surface area contributed by atoms with E-state index in [0.717, 1.165) is 18.0 Å². The molecule has 1 saturated heterocycles. The average molecular weight is 386 g/mol. The van der Waals surface area contributed by atoms with E-state index in [4.69, 9.17) is 4.74 Å². The van der Waals surface area contributed by atoms with Crippen molar-refractivity contribution in [3.63, 3.8) is 0 Å². The molecule has 2 heterocycles. The van der Waals surface area contributed by atoms with Crippen molar-refractivity contribution in [2.24, 2.45) is 0 Å². The Hall–Kier alpha value is -2.64. The maximum Gasteiger partial charge on any atom is 0.270 e. The fourth-order valence-electron chi connectivity index (χ4n) is 2.87. The van der Waals surface area contributed by atoms with E-state index in [0.29, 0.717) is 30.1 Å². The molecule has 142 valence electrons. The summed E-state index contributed by atoms with van der Waals surface area (Å²) in [5.74, 6) is 0.225. The van der Waals surface area contributed by atoms with Crippen LogP contribution in [0.15, 0.2) is 47.5 Å². The maximum atomic E-state index is 13.0. The zero-order valence-corrected chi connectivity index (χ0v) is 16.3.